The summed E-state index contributed by atoms with van der Waals surface area (Å²) in [6, 6.07) is 5.71. The molecule has 0 radical (unpaired) electrons. The van der Waals surface area contributed by atoms with Gasteiger partial charge in [-0.2, -0.15) is 5.10 Å². The van der Waals surface area contributed by atoms with Gasteiger partial charge in [-0.1, -0.05) is 0 Å². The van der Waals surface area contributed by atoms with E-state index >= 15 is 0 Å². The van der Waals surface area contributed by atoms with Crippen molar-refractivity contribution < 1.29 is 22.6 Å². The molecule has 1 saturated heterocycles. The van der Waals surface area contributed by atoms with E-state index in [1.54, 1.807) is 16.8 Å². The van der Waals surface area contributed by atoms with Crippen LogP contribution in [0.5, 0.6) is 5.75 Å². The van der Waals surface area contributed by atoms with E-state index in [2.05, 4.69) is 9.84 Å². The van der Waals surface area contributed by atoms with Crippen LogP contribution < -0.4 is 4.74 Å². The molecule has 1 aliphatic heterocycles. The van der Waals surface area contributed by atoms with Gasteiger partial charge in [0, 0.05) is 18.9 Å². The molecule has 2 aromatic rings. The number of hydrogen-bond donors (Lipinski definition) is 0. The molecule has 1 atom stereocenters. The second-order valence-corrected chi connectivity index (χ2v) is 6.55. The van der Waals surface area contributed by atoms with Gasteiger partial charge in [0.1, 0.15) is 11.6 Å². The Kier molecular flexibility index (Phi) is 4.15. The molecule has 2 fully saturated rings. The average Bonchev–Trinajstić information content (AvgIpc) is 3.04. The molecule has 1 aromatic heterocycles. The summed E-state index contributed by atoms with van der Waals surface area (Å²) in [5.41, 5.74) is 0.672. The molecule has 1 aliphatic carbocycles. The Bertz CT molecular complexity index is 733. The third-order valence-electron chi connectivity index (χ3n) is 4.45. The Hall–Kier alpha value is -2.09. The highest BCUT2D eigenvalue weighted by Gasteiger charge is 2.31. The molecule has 134 valence electrons. The van der Waals surface area contributed by atoms with Crippen molar-refractivity contribution >= 4 is 0 Å². The van der Waals surface area contributed by atoms with Gasteiger partial charge in [0.05, 0.1) is 12.3 Å². The fraction of sp³-hybridized carbons (Fsp3) is 0.529. The van der Waals surface area contributed by atoms with Gasteiger partial charge in [-0.3, -0.25) is 0 Å². The van der Waals surface area contributed by atoms with Crippen molar-refractivity contribution in [1.29, 1.82) is 0 Å². The van der Waals surface area contributed by atoms with Crippen LogP contribution in [0.25, 0.3) is 5.69 Å². The predicted octanol–water partition coefficient (Wildman–Crippen LogP) is 3.62. The highest BCUT2D eigenvalue weighted by Crippen LogP contribution is 2.33. The van der Waals surface area contributed by atoms with Gasteiger partial charge in [0.15, 0.2) is 5.82 Å². The second kappa shape index (κ2) is 6.33. The molecule has 4 rings (SSSR count). The molecular weight excluding hydrogens is 335 g/mol. The number of benzene rings is 1. The van der Waals surface area contributed by atoms with Crippen LogP contribution >= 0.6 is 0 Å². The van der Waals surface area contributed by atoms with Crippen molar-refractivity contribution in [2.45, 2.75) is 38.0 Å². The molecule has 0 spiro atoms. The lowest BCUT2D eigenvalue weighted by Crippen LogP contribution is -2.17. The molecule has 2 aliphatic rings. The fourth-order valence-corrected chi connectivity index (χ4v) is 3.02. The maximum absolute atomic E-state index is 12.3. The van der Waals surface area contributed by atoms with E-state index in [4.69, 9.17) is 9.72 Å². The van der Waals surface area contributed by atoms with E-state index in [1.807, 2.05) is 0 Å². The molecule has 1 unspecified atom stereocenters. The zero-order valence-corrected chi connectivity index (χ0v) is 13.5. The minimum atomic E-state index is -4.70. The van der Waals surface area contributed by atoms with E-state index in [1.165, 1.54) is 25.0 Å². The minimum Gasteiger partial charge on any atom is -0.406 e. The van der Waals surface area contributed by atoms with Crippen LogP contribution in [0.3, 0.4) is 0 Å². The van der Waals surface area contributed by atoms with Crippen molar-refractivity contribution in [3.05, 3.63) is 35.9 Å². The van der Waals surface area contributed by atoms with Crippen LogP contribution in [0.4, 0.5) is 13.2 Å². The van der Waals surface area contributed by atoms with Crippen molar-refractivity contribution in [3.8, 4) is 11.4 Å². The fourth-order valence-electron chi connectivity index (χ4n) is 3.02. The lowest BCUT2D eigenvalue weighted by atomic mass is 10.1. The second-order valence-electron chi connectivity index (χ2n) is 6.55. The lowest BCUT2D eigenvalue weighted by Gasteiger charge is -2.12. The van der Waals surface area contributed by atoms with E-state index in [0.29, 0.717) is 24.8 Å². The third kappa shape index (κ3) is 3.95. The van der Waals surface area contributed by atoms with Crippen molar-refractivity contribution in [2.75, 3.05) is 13.2 Å². The molecule has 2 heterocycles. The first-order valence-electron chi connectivity index (χ1n) is 8.38. The molecule has 0 bridgehead atoms. The normalized spacial score (nSPS) is 20.8. The topological polar surface area (TPSA) is 49.2 Å². The largest absolute Gasteiger partial charge is 0.573 e. The van der Waals surface area contributed by atoms with Crippen molar-refractivity contribution in [3.63, 3.8) is 0 Å². The average molecular weight is 353 g/mol. The van der Waals surface area contributed by atoms with Gasteiger partial charge in [0.2, 0.25) is 0 Å². The first-order valence-corrected chi connectivity index (χ1v) is 8.38. The Balaban J connectivity index is 1.62. The Morgan fingerprint density at radius 1 is 1.16 bits per heavy atom. The molecule has 0 N–H and O–H groups in total. The number of nitrogens with zero attached hydrogens (tertiary/aromatic N) is 3. The molecule has 5 nitrogen and oxygen atoms in total. The molecule has 25 heavy (non-hydrogen) atoms. The lowest BCUT2D eigenvalue weighted by molar-refractivity contribution is -0.274. The summed E-state index contributed by atoms with van der Waals surface area (Å²) in [5.74, 6) is 2.18. The number of ether oxygens (including phenoxy) is 2. The van der Waals surface area contributed by atoms with Gasteiger partial charge in [-0.05, 0) is 49.4 Å². The maximum Gasteiger partial charge on any atom is 0.573 e. The van der Waals surface area contributed by atoms with E-state index in [0.717, 1.165) is 24.5 Å². The van der Waals surface area contributed by atoms with Crippen LogP contribution in [0.1, 0.15) is 36.8 Å². The summed E-state index contributed by atoms with van der Waals surface area (Å²) in [5, 5.41) is 4.60. The smallest absolute Gasteiger partial charge is 0.406 e. The Labute approximate surface area is 142 Å². The van der Waals surface area contributed by atoms with Gasteiger partial charge >= 0.3 is 6.36 Å². The standard InChI is InChI=1S/C17H18F3N3O2/c18-17(19,20)25-14-5-3-13(4-6-14)23-16(12-7-8-24-10-12)21-15(22-23)9-11-1-2-11/h3-6,11-12H,1-2,7-10H2. The van der Waals surface area contributed by atoms with Gasteiger partial charge < -0.3 is 9.47 Å². The zero-order chi connectivity index (χ0) is 17.4. The highest BCUT2D eigenvalue weighted by atomic mass is 19.4. The molecule has 1 aromatic carbocycles. The molecule has 0 amide bonds. The van der Waals surface area contributed by atoms with Crippen molar-refractivity contribution in [2.24, 2.45) is 5.92 Å². The first-order chi connectivity index (χ1) is 12.0. The maximum atomic E-state index is 12.3. The summed E-state index contributed by atoms with van der Waals surface area (Å²) in [7, 11) is 0. The quantitative estimate of drug-likeness (QED) is 0.824. The molecular formula is C17H18F3N3O2. The number of hydrogen-bond acceptors (Lipinski definition) is 4. The van der Waals surface area contributed by atoms with E-state index < -0.39 is 6.36 Å². The number of rotatable bonds is 5. The Morgan fingerprint density at radius 2 is 1.92 bits per heavy atom. The zero-order valence-electron chi connectivity index (χ0n) is 13.5. The number of halogens is 3. The van der Waals surface area contributed by atoms with Crippen LogP contribution in [0.2, 0.25) is 0 Å². The van der Waals surface area contributed by atoms with Crippen LogP contribution in [-0.4, -0.2) is 34.3 Å². The van der Waals surface area contributed by atoms with Crippen LogP contribution in [0.15, 0.2) is 24.3 Å². The SMILES string of the molecule is FC(F)(F)Oc1ccc(-n2nc(CC3CC3)nc2C2CCOC2)cc1. The van der Waals surface area contributed by atoms with Crippen LogP contribution in [-0.2, 0) is 11.2 Å². The summed E-state index contributed by atoms with van der Waals surface area (Å²) in [6.45, 7) is 1.28. The summed E-state index contributed by atoms with van der Waals surface area (Å²) >= 11 is 0. The molecule has 1 saturated carbocycles. The molecule has 8 heteroatoms. The first kappa shape index (κ1) is 16.4. The van der Waals surface area contributed by atoms with Gasteiger partial charge in [-0.15, -0.1) is 13.2 Å². The van der Waals surface area contributed by atoms with Gasteiger partial charge in [-0.25, -0.2) is 9.67 Å². The van der Waals surface area contributed by atoms with Crippen molar-refractivity contribution in [1.82, 2.24) is 14.8 Å². The minimum absolute atomic E-state index is 0.159. The van der Waals surface area contributed by atoms with E-state index in [9.17, 15) is 13.2 Å². The monoisotopic (exact) mass is 353 g/mol. The summed E-state index contributed by atoms with van der Waals surface area (Å²) < 4.78 is 48.0. The highest BCUT2D eigenvalue weighted by molar-refractivity contribution is 5.38. The Morgan fingerprint density at radius 3 is 2.52 bits per heavy atom. The predicted molar refractivity (Wildman–Crippen MR) is 82.6 cm³/mol. The summed E-state index contributed by atoms with van der Waals surface area (Å²) in [4.78, 5) is 4.69. The van der Waals surface area contributed by atoms with E-state index in [-0.39, 0.29) is 11.7 Å². The summed E-state index contributed by atoms with van der Waals surface area (Å²) in [6.07, 6.45) is -0.558. The van der Waals surface area contributed by atoms with Crippen LogP contribution in [0, 0.1) is 5.92 Å². The third-order valence-corrected chi connectivity index (χ3v) is 4.45. The number of alkyl halides is 3. The van der Waals surface area contributed by atoms with Gasteiger partial charge in [0.25, 0.3) is 0 Å². The number of aromatic nitrogens is 3.